The van der Waals surface area contributed by atoms with E-state index in [1.165, 1.54) is 11.1 Å². The van der Waals surface area contributed by atoms with Crippen LogP contribution in [0.25, 0.3) is 28.0 Å². The number of hydrogen-bond donors (Lipinski definition) is 3. The number of nitrogens with one attached hydrogen (secondary N) is 2. The van der Waals surface area contributed by atoms with Crippen LogP contribution >= 0.6 is 0 Å². The number of allylic oxidation sites excluding steroid dienone is 1. The molecule has 2 atom stereocenters. The van der Waals surface area contributed by atoms with Crippen LogP contribution < -0.4 is 21.3 Å². The molecule has 1 fully saturated rings. The summed E-state index contributed by atoms with van der Waals surface area (Å²) >= 11 is 0. The minimum absolute atomic E-state index is 0.0289. The van der Waals surface area contributed by atoms with Crippen LogP contribution in [0.4, 0.5) is 22.0 Å². The molecule has 0 bridgehead atoms. The Balaban J connectivity index is 1.44. The fraction of sp³-hybridized carbons (Fsp3) is 0.294. The highest BCUT2D eigenvalue weighted by atomic mass is 16.5. The third-order valence-corrected chi connectivity index (χ3v) is 7.55. The highest BCUT2D eigenvalue weighted by Crippen LogP contribution is 2.31. The minimum atomic E-state index is -0.402. The Hall–Kier alpha value is -5.36. The molecule has 4 aromatic rings. The lowest BCUT2D eigenvalue weighted by Gasteiger charge is -2.36. The van der Waals surface area contributed by atoms with Crippen molar-refractivity contribution in [3.8, 4) is 11.4 Å². The van der Waals surface area contributed by atoms with Crippen molar-refractivity contribution in [1.29, 1.82) is 0 Å². The van der Waals surface area contributed by atoms with Crippen LogP contribution in [0.1, 0.15) is 35.3 Å². The zero-order chi connectivity index (χ0) is 33.0. The van der Waals surface area contributed by atoms with E-state index in [1.54, 1.807) is 57.8 Å². The average molecular weight is 622 g/mol. The number of aryl methyl sites for hydroxylation is 1. The van der Waals surface area contributed by atoms with Gasteiger partial charge in [0.15, 0.2) is 11.6 Å². The fourth-order valence-corrected chi connectivity index (χ4v) is 5.40. The summed E-state index contributed by atoms with van der Waals surface area (Å²) in [6.45, 7) is 7.35. The van der Waals surface area contributed by atoms with Gasteiger partial charge in [-0.25, -0.2) is 14.8 Å². The molecule has 0 aliphatic carbocycles. The molecule has 12 heteroatoms. The molecule has 0 saturated carbocycles. The van der Waals surface area contributed by atoms with Crippen molar-refractivity contribution < 1.29 is 14.3 Å². The number of pyridine rings is 1. The second-order valence-electron chi connectivity index (χ2n) is 11.5. The van der Waals surface area contributed by atoms with E-state index in [4.69, 9.17) is 25.4 Å². The third kappa shape index (κ3) is 7.13. The molecule has 12 nitrogen and oxygen atoms in total. The number of fused-ring (bicyclic) bond motifs is 1. The lowest BCUT2D eigenvalue weighted by atomic mass is 10.1. The normalized spacial score (nSPS) is 16.9. The maximum atomic E-state index is 12.8. The summed E-state index contributed by atoms with van der Waals surface area (Å²) in [5.74, 6) is 1.15. The maximum absolute atomic E-state index is 12.8. The van der Waals surface area contributed by atoms with Crippen molar-refractivity contribution in [3.05, 3.63) is 77.6 Å². The predicted octanol–water partition coefficient (Wildman–Crippen LogP) is 4.96. The van der Waals surface area contributed by atoms with E-state index in [2.05, 4.69) is 20.5 Å². The second kappa shape index (κ2) is 13.7. The molecule has 2 aromatic heterocycles. The third-order valence-electron chi connectivity index (χ3n) is 7.55. The largest absolute Gasteiger partial charge is 0.404 e. The summed E-state index contributed by atoms with van der Waals surface area (Å²) in [5, 5.41) is 5.72. The highest BCUT2D eigenvalue weighted by Gasteiger charge is 2.26. The Morgan fingerprint density at radius 3 is 2.37 bits per heavy atom. The molecule has 1 saturated heterocycles. The van der Waals surface area contributed by atoms with Crippen LogP contribution in [0.3, 0.4) is 0 Å². The molecule has 1 aliphatic heterocycles. The molecule has 2 unspecified atom stereocenters. The van der Waals surface area contributed by atoms with Gasteiger partial charge in [0.1, 0.15) is 5.52 Å². The van der Waals surface area contributed by atoms with Crippen LogP contribution in [0.15, 0.2) is 65.9 Å². The Morgan fingerprint density at radius 2 is 1.74 bits per heavy atom. The van der Waals surface area contributed by atoms with E-state index in [1.807, 2.05) is 45.0 Å². The molecular formula is C34H39N9O3. The number of morpholine rings is 1. The summed E-state index contributed by atoms with van der Waals surface area (Å²) in [6.07, 6.45) is 5.00. The number of aliphatic imine (C=N–C) groups is 1. The monoisotopic (exact) mass is 621 g/mol. The standard InChI is InChI=1S/C34H39N9O3/c1-20-13-24(9-12-28(20)40-34(45)38-27-10-7-23(8-11-27)33(44)42(5)6)31-39-29-14-25(26(15-35)16-36-4)17-37-30(29)32(41-31)43-18-21(2)46-22(3)19-43/h7-17,21-22H,18-19,35H2,1-6H3,(H2,38,40,45). The van der Waals surface area contributed by atoms with Gasteiger partial charge in [-0.2, -0.15) is 0 Å². The molecule has 0 spiro atoms. The van der Waals surface area contributed by atoms with Gasteiger partial charge in [-0.1, -0.05) is 0 Å². The van der Waals surface area contributed by atoms with Crippen molar-refractivity contribution in [1.82, 2.24) is 19.9 Å². The molecule has 3 heterocycles. The van der Waals surface area contributed by atoms with E-state index in [9.17, 15) is 9.59 Å². The van der Waals surface area contributed by atoms with E-state index in [0.717, 1.165) is 28.1 Å². The van der Waals surface area contributed by atoms with Gasteiger partial charge in [0.05, 0.1) is 17.7 Å². The Morgan fingerprint density at radius 1 is 1.02 bits per heavy atom. The van der Waals surface area contributed by atoms with Gasteiger partial charge in [-0.05, 0) is 74.9 Å². The number of hydrogen-bond acceptors (Lipinski definition) is 9. The van der Waals surface area contributed by atoms with Gasteiger partial charge in [-0.3, -0.25) is 14.8 Å². The van der Waals surface area contributed by atoms with Crippen molar-refractivity contribution in [2.75, 3.05) is 49.8 Å². The predicted molar refractivity (Wildman–Crippen MR) is 183 cm³/mol. The van der Waals surface area contributed by atoms with Crippen LogP contribution in [-0.4, -0.2) is 84.4 Å². The van der Waals surface area contributed by atoms with Crippen molar-refractivity contribution >= 4 is 52.0 Å². The topological polar surface area (TPSA) is 151 Å². The first-order valence-electron chi connectivity index (χ1n) is 15.0. The average Bonchev–Trinajstić information content (AvgIpc) is 3.03. The Labute approximate surface area is 268 Å². The van der Waals surface area contributed by atoms with Crippen molar-refractivity contribution in [3.63, 3.8) is 0 Å². The van der Waals surface area contributed by atoms with Crippen LogP contribution in [0.5, 0.6) is 0 Å². The van der Waals surface area contributed by atoms with E-state index in [0.29, 0.717) is 46.9 Å². The van der Waals surface area contributed by atoms with E-state index < -0.39 is 6.03 Å². The van der Waals surface area contributed by atoms with Gasteiger partial charge < -0.3 is 30.9 Å². The van der Waals surface area contributed by atoms with E-state index in [-0.39, 0.29) is 18.1 Å². The molecule has 238 valence electrons. The first-order chi connectivity index (χ1) is 22.1. The summed E-state index contributed by atoms with van der Waals surface area (Å²) in [5.41, 5.74) is 12.1. The van der Waals surface area contributed by atoms with Gasteiger partial charge in [0.2, 0.25) is 0 Å². The molecule has 1 aliphatic rings. The summed E-state index contributed by atoms with van der Waals surface area (Å²) < 4.78 is 5.98. The first-order valence-corrected chi connectivity index (χ1v) is 15.0. The number of amides is 3. The number of rotatable bonds is 7. The number of anilines is 3. The molecule has 3 amide bonds. The summed E-state index contributed by atoms with van der Waals surface area (Å²) in [6, 6.07) is 13.9. The zero-order valence-electron chi connectivity index (χ0n) is 26.9. The highest BCUT2D eigenvalue weighted by molar-refractivity contribution is 6.10. The smallest absolute Gasteiger partial charge is 0.323 e. The molecule has 4 N–H and O–H groups in total. The summed E-state index contributed by atoms with van der Waals surface area (Å²) in [4.78, 5) is 47.5. The fourth-order valence-electron chi connectivity index (χ4n) is 5.40. The molecule has 5 rings (SSSR count). The Bertz CT molecular complexity index is 1810. The Kier molecular flexibility index (Phi) is 9.57. The van der Waals surface area contributed by atoms with Crippen LogP contribution in [0, 0.1) is 6.92 Å². The summed E-state index contributed by atoms with van der Waals surface area (Å²) in [7, 11) is 5.07. The molecular weight excluding hydrogens is 582 g/mol. The molecule has 0 radical (unpaired) electrons. The maximum Gasteiger partial charge on any atom is 0.323 e. The zero-order valence-corrected chi connectivity index (χ0v) is 26.9. The minimum Gasteiger partial charge on any atom is -0.404 e. The number of carbonyl (C=O) groups excluding carboxylic acids is 2. The quantitative estimate of drug-likeness (QED) is 0.245. The number of urea groups is 1. The number of benzene rings is 2. The number of carbonyl (C=O) groups is 2. The van der Waals surface area contributed by atoms with Crippen molar-refractivity contribution in [2.24, 2.45) is 10.7 Å². The first kappa shape index (κ1) is 32.0. The van der Waals surface area contributed by atoms with Gasteiger partial charge in [0.25, 0.3) is 5.91 Å². The van der Waals surface area contributed by atoms with Gasteiger partial charge in [0, 0.05) is 86.5 Å². The number of ether oxygens (including phenoxy) is 1. The SMILES string of the molecule is CN=CC(=CN)c1cnc2c(N3CC(C)OC(C)C3)nc(-c3ccc(NC(=O)Nc4ccc(C(=O)N(C)C)cc4)c(C)c3)nc2c1. The lowest BCUT2D eigenvalue weighted by molar-refractivity contribution is -0.00538. The van der Waals surface area contributed by atoms with Gasteiger partial charge in [-0.15, -0.1) is 0 Å². The lowest BCUT2D eigenvalue weighted by Crippen LogP contribution is -2.46. The molecule has 2 aromatic carbocycles. The van der Waals surface area contributed by atoms with Gasteiger partial charge >= 0.3 is 6.03 Å². The van der Waals surface area contributed by atoms with Crippen LogP contribution in [0.2, 0.25) is 0 Å². The van der Waals surface area contributed by atoms with Crippen LogP contribution in [-0.2, 0) is 4.74 Å². The second-order valence-corrected chi connectivity index (χ2v) is 11.5. The number of nitrogens with two attached hydrogens (primary N) is 1. The number of nitrogens with zero attached hydrogens (tertiary/aromatic N) is 6. The number of aromatic nitrogens is 3. The van der Waals surface area contributed by atoms with Crippen molar-refractivity contribution in [2.45, 2.75) is 33.0 Å². The molecule has 46 heavy (non-hydrogen) atoms. The van der Waals surface area contributed by atoms with E-state index >= 15 is 0 Å².